The van der Waals surface area contributed by atoms with Crippen molar-refractivity contribution in [2.45, 2.75) is 20.5 Å². The Kier molecular flexibility index (Phi) is 4.52. The molecular formula is C14H16O3. The van der Waals surface area contributed by atoms with Gasteiger partial charge >= 0.3 is 0 Å². The number of benzene rings is 1. The fourth-order valence-corrected chi connectivity index (χ4v) is 1.47. The van der Waals surface area contributed by atoms with Crippen LogP contribution in [0.15, 0.2) is 54.0 Å². The molecular weight excluding hydrogens is 216 g/mol. The van der Waals surface area contributed by atoms with Gasteiger partial charge in [0.25, 0.3) is 0 Å². The molecule has 0 atom stereocenters. The van der Waals surface area contributed by atoms with Crippen molar-refractivity contribution in [3.63, 3.8) is 0 Å². The number of aliphatic hydroxyl groups is 1. The summed E-state index contributed by atoms with van der Waals surface area (Å²) < 4.78 is 5.38. The summed E-state index contributed by atoms with van der Waals surface area (Å²) in [5.74, 6) is -0.139. The van der Waals surface area contributed by atoms with Crippen LogP contribution in [0.3, 0.4) is 0 Å². The first-order valence-electron chi connectivity index (χ1n) is 5.29. The average Bonchev–Trinajstić information content (AvgIpc) is 2.27. The van der Waals surface area contributed by atoms with Crippen molar-refractivity contribution in [2.75, 3.05) is 0 Å². The van der Waals surface area contributed by atoms with Crippen LogP contribution in [-0.4, -0.2) is 10.9 Å². The molecule has 1 N–H and O–H groups in total. The van der Waals surface area contributed by atoms with Crippen LogP contribution >= 0.6 is 0 Å². The molecule has 0 fully saturated rings. The number of aliphatic hydroxyl groups excluding tert-OH is 1. The van der Waals surface area contributed by atoms with Crippen molar-refractivity contribution < 1.29 is 14.6 Å². The van der Waals surface area contributed by atoms with E-state index in [9.17, 15) is 9.90 Å². The van der Waals surface area contributed by atoms with E-state index in [4.69, 9.17) is 4.74 Å². The van der Waals surface area contributed by atoms with E-state index in [-0.39, 0.29) is 22.9 Å². The molecule has 0 aliphatic carbocycles. The van der Waals surface area contributed by atoms with Crippen LogP contribution in [0.4, 0.5) is 0 Å². The molecule has 0 spiro atoms. The molecule has 0 heterocycles. The predicted molar refractivity (Wildman–Crippen MR) is 66.4 cm³/mol. The van der Waals surface area contributed by atoms with Crippen LogP contribution in [0.25, 0.3) is 0 Å². The SMILES string of the molecule is C=C(OCc1ccccc1)/C(C(C)=O)=C(/C)O. The van der Waals surface area contributed by atoms with Crippen LogP contribution in [0, 0.1) is 0 Å². The maximum absolute atomic E-state index is 11.3. The summed E-state index contributed by atoms with van der Waals surface area (Å²) in [5, 5.41) is 9.37. The van der Waals surface area contributed by atoms with Gasteiger partial charge in [0.1, 0.15) is 18.1 Å². The summed E-state index contributed by atoms with van der Waals surface area (Å²) in [5.41, 5.74) is 1.12. The number of rotatable bonds is 5. The molecule has 1 aromatic rings. The van der Waals surface area contributed by atoms with Gasteiger partial charge in [-0.15, -0.1) is 0 Å². The highest BCUT2D eigenvalue weighted by Gasteiger charge is 2.13. The number of hydrogen-bond donors (Lipinski definition) is 1. The van der Waals surface area contributed by atoms with Gasteiger partial charge in [-0.2, -0.15) is 0 Å². The number of allylic oxidation sites excluding steroid dienone is 2. The highest BCUT2D eigenvalue weighted by molar-refractivity contribution is 5.97. The minimum atomic E-state index is -0.261. The zero-order valence-electron chi connectivity index (χ0n) is 10.1. The third kappa shape index (κ3) is 3.79. The Balaban J connectivity index is 2.68. The largest absolute Gasteiger partial charge is 0.512 e. The topological polar surface area (TPSA) is 46.5 Å². The Morgan fingerprint density at radius 2 is 1.88 bits per heavy atom. The fourth-order valence-electron chi connectivity index (χ4n) is 1.47. The lowest BCUT2D eigenvalue weighted by Gasteiger charge is -2.11. The summed E-state index contributed by atoms with van der Waals surface area (Å²) in [7, 11) is 0. The van der Waals surface area contributed by atoms with Crippen molar-refractivity contribution in [3.8, 4) is 0 Å². The first kappa shape index (κ1) is 13.0. The average molecular weight is 232 g/mol. The van der Waals surface area contributed by atoms with E-state index in [0.29, 0.717) is 6.61 Å². The first-order valence-corrected chi connectivity index (χ1v) is 5.29. The minimum absolute atomic E-state index is 0.0736. The maximum Gasteiger partial charge on any atom is 0.166 e. The Labute approximate surface area is 101 Å². The Bertz CT molecular complexity index is 440. The number of hydrogen-bond acceptors (Lipinski definition) is 3. The van der Waals surface area contributed by atoms with E-state index in [1.54, 1.807) is 0 Å². The number of carbonyl (C=O) groups excluding carboxylic acids is 1. The lowest BCUT2D eigenvalue weighted by molar-refractivity contribution is -0.113. The van der Waals surface area contributed by atoms with Gasteiger partial charge in [-0.3, -0.25) is 4.79 Å². The molecule has 3 heteroatoms. The zero-order chi connectivity index (χ0) is 12.8. The van der Waals surface area contributed by atoms with Gasteiger partial charge in [-0.05, 0) is 19.4 Å². The number of ketones is 1. The standard InChI is InChI=1S/C14H16O3/c1-10(15)14(11(2)16)12(3)17-9-13-7-5-4-6-8-13/h4-8,15H,3,9H2,1-2H3/b14-10-. The van der Waals surface area contributed by atoms with Crippen molar-refractivity contribution >= 4 is 5.78 Å². The normalized spacial score (nSPS) is 11.6. The van der Waals surface area contributed by atoms with Gasteiger partial charge in [0, 0.05) is 0 Å². The van der Waals surface area contributed by atoms with E-state index in [2.05, 4.69) is 6.58 Å². The molecule has 0 saturated carbocycles. The molecule has 0 aromatic heterocycles. The molecule has 17 heavy (non-hydrogen) atoms. The predicted octanol–water partition coefficient (Wildman–Crippen LogP) is 3.14. The third-order valence-electron chi connectivity index (χ3n) is 2.25. The molecule has 0 aliphatic heterocycles. The molecule has 0 bridgehead atoms. The molecule has 0 unspecified atom stereocenters. The van der Waals surface area contributed by atoms with Crippen LogP contribution in [-0.2, 0) is 16.1 Å². The lowest BCUT2D eigenvalue weighted by Crippen LogP contribution is -2.06. The molecule has 90 valence electrons. The van der Waals surface area contributed by atoms with Crippen molar-refractivity contribution in [2.24, 2.45) is 0 Å². The van der Waals surface area contributed by atoms with Crippen molar-refractivity contribution in [1.82, 2.24) is 0 Å². The third-order valence-corrected chi connectivity index (χ3v) is 2.25. The van der Waals surface area contributed by atoms with E-state index in [1.165, 1.54) is 13.8 Å². The van der Waals surface area contributed by atoms with Gasteiger partial charge < -0.3 is 9.84 Å². The Morgan fingerprint density at radius 3 is 2.35 bits per heavy atom. The second-order valence-corrected chi connectivity index (χ2v) is 3.71. The summed E-state index contributed by atoms with van der Waals surface area (Å²) in [6.45, 7) is 6.78. The first-order chi connectivity index (χ1) is 8.02. The van der Waals surface area contributed by atoms with E-state index in [1.807, 2.05) is 30.3 Å². The summed E-state index contributed by atoms with van der Waals surface area (Å²) >= 11 is 0. The monoisotopic (exact) mass is 232 g/mol. The molecule has 0 radical (unpaired) electrons. The van der Waals surface area contributed by atoms with Gasteiger partial charge in [-0.1, -0.05) is 36.9 Å². The number of ether oxygens (including phenoxy) is 1. The van der Waals surface area contributed by atoms with Gasteiger partial charge in [0.05, 0.1) is 5.57 Å². The summed E-state index contributed by atoms with van der Waals surface area (Å²) in [4.78, 5) is 11.3. The molecule has 3 nitrogen and oxygen atoms in total. The second-order valence-electron chi connectivity index (χ2n) is 3.71. The van der Waals surface area contributed by atoms with E-state index in [0.717, 1.165) is 5.56 Å². The van der Waals surface area contributed by atoms with Crippen LogP contribution in [0.5, 0.6) is 0 Å². The smallest absolute Gasteiger partial charge is 0.166 e. The lowest BCUT2D eigenvalue weighted by atomic mass is 10.1. The van der Waals surface area contributed by atoms with Crippen LogP contribution in [0.2, 0.25) is 0 Å². The van der Waals surface area contributed by atoms with Gasteiger partial charge in [0.2, 0.25) is 0 Å². The quantitative estimate of drug-likeness (QED) is 0.482. The molecule has 0 saturated heterocycles. The maximum atomic E-state index is 11.3. The van der Waals surface area contributed by atoms with E-state index < -0.39 is 0 Å². The molecule has 0 aliphatic rings. The number of Topliss-reactive ketones (excluding diaryl/α,β-unsaturated/α-hetero) is 1. The zero-order valence-corrected chi connectivity index (χ0v) is 10.1. The minimum Gasteiger partial charge on any atom is -0.512 e. The Hall–Kier alpha value is -2.03. The van der Waals surface area contributed by atoms with Crippen LogP contribution in [0.1, 0.15) is 19.4 Å². The summed E-state index contributed by atoms with van der Waals surface area (Å²) in [6, 6.07) is 9.55. The highest BCUT2D eigenvalue weighted by Crippen LogP contribution is 2.16. The Morgan fingerprint density at radius 1 is 1.29 bits per heavy atom. The van der Waals surface area contributed by atoms with Gasteiger partial charge in [0.15, 0.2) is 5.78 Å². The fraction of sp³-hybridized carbons (Fsp3) is 0.214. The van der Waals surface area contributed by atoms with Crippen molar-refractivity contribution in [3.05, 3.63) is 59.6 Å². The molecule has 1 rings (SSSR count). The molecule has 1 aromatic carbocycles. The second kappa shape index (κ2) is 5.89. The van der Waals surface area contributed by atoms with E-state index >= 15 is 0 Å². The molecule has 0 amide bonds. The van der Waals surface area contributed by atoms with Crippen LogP contribution < -0.4 is 0 Å². The highest BCUT2D eigenvalue weighted by atomic mass is 16.5. The summed E-state index contributed by atoms with van der Waals surface area (Å²) in [6.07, 6.45) is 0. The number of carbonyl (C=O) groups is 1. The van der Waals surface area contributed by atoms with Gasteiger partial charge in [-0.25, -0.2) is 0 Å². The van der Waals surface area contributed by atoms with Crippen molar-refractivity contribution in [1.29, 1.82) is 0 Å².